The molecule has 1 saturated heterocycles. The molecule has 2 atom stereocenters. The van der Waals surface area contributed by atoms with Crippen LogP contribution in [-0.2, 0) is 25.6 Å². The molecule has 1 N–H and O–H groups in total. The number of carbonyl (C=O) groups excluding carboxylic acids is 4. The second kappa shape index (κ2) is 11.1. The number of rotatable bonds is 7. The van der Waals surface area contributed by atoms with Crippen molar-refractivity contribution in [2.45, 2.75) is 65.2 Å². The van der Waals surface area contributed by atoms with Gasteiger partial charge >= 0.3 is 11.9 Å². The number of hydrogen-bond acceptors (Lipinski definition) is 10. The lowest BCUT2D eigenvalue weighted by Gasteiger charge is -2.38. The summed E-state index contributed by atoms with van der Waals surface area (Å²) in [5.74, 6) is 0.297. The third-order valence-electron chi connectivity index (χ3n) is 6.55. The number of thioether (sulfide) groups is 1. The van der Waals surface area contributed by atoms with Crippen molar-refractivity contribution in [3.63, 3.8) is 0 Å². The molecule has 1 fully saturated rings. The zero-order valence-electron chi connectivity index (χ0n) is 22.6. The topological polar surface area (TPSA) is 130 Å². The molecule has 39 heavy (non-hydrogen) atoms. The average Bonchev–Trinajstić information content (AvgIpc) is 3.19. The summed E-state index contributed by atoms with van der Waals surface area (Å²) in [6, 6.07) is 7.31. The average molecular weight is 555 g/mol. The Kier molecular flexibility index (Phi) is 8.01. The van der Waals surface area contributed by atoms with E-state index in [1.165, 1.54) is 13.8 Å². The summed E-state index contributed by atoms with van der Waals surface area (Å²) in [5, 5.41) is 5.66. The van der Waals surface area contributed by atoms with Gasteiger partial charge in [0.1, 0.15) is 29.5 Å². The summed E-state index contributed by atoms with van der Waals surface area (Å²) < 4.78 is 18.1. The van der Waals surface area contributed by atoms with Crippen LogP contribution >= 0.6 is 11.8 Å². The Labute approximate surface area is 230 Å². The molecule has 2 aliphatic heterocycles. The van der Waals surface area contributed by atoms with E-state index >= 15 is 0 Å². The van der Waals surface area contributed by atoms with E-state index in [9.17, 15) is 19.2 Å². The molecule has 206 valence electrons. The minimum atomic E-state index is -0.865. The standard InChI is InChI=1S/C28H30N2O8S/c1-14-15(2)25-23(16(3)24(14)36-17(4)31)21(30-38-18(5)32)12-28(6,37-25)13-35-20-9-7-19(8-10-20)11-22-26(33)29-27(34)39-22/h7-10,22H,11-13H2,1-6H3,(H,29,33,34). The van der Waals surface area contributed by atoms with Crippen molar-refractivity contribution in [1.82, 2.24) is 5.32 Å². The van der Waals surface area contributed by atoms with Gasteiger partial charge in [0.05, 0.1) is 11.0 Å². The Bertz CT molecular complexity index is 1390. The van der Waals surface area contributed by atoms with Crippen molar-refractivity contribution < 1.29 is 38.2 Å². The number of hydrogen-bond donors (Lipinski definition) is 1. The summed E-state index contributed by atoms with van der Waals surface area (Å²) >= 11 is 0.994. The summed E-state index contributed by atoms with van der Waals surface area (Å²) in [6.07, 6.45) is 0.694. The molecule has 0 aliphatic carbocycles. The molecule has 0 saturated carbocycles. The zero-order valence-corrected chi connectivity index (χ0v) is 23.4. The molecule has 2 aliphatic rings. The highest BCUT2D eigenvalue weighted by Gasteiger charge is 2.40. The maximum atomic E-state index is 11.8. The molecule has 2 aromatic carbocycles. The fourth-order valence-electron chi connectivity index (χ4n) is 4.57. The third kappa shape index (κ3) is 6.25. The van der Waals surface area contributed by atoms with Crippen molar-refractivity contribution in [3.05, 3.63) is 52.1 Å². The van der Waals surface area contributed by atoms with Gasteiger partial charge in [-0.3, -0.25) is 19.7 Å². The predicted molar refractivity (Wildman–Crippen MR) is 144 cm³/mol. The Balaban J connectivity index is 1.56. The number of imide groups is 1. The molecule has 0 bridgehead atoms. The molecule has 0 aromatic heterocycles. The highest BCUT2D eigenvalue weighted by molar-refractivity contribution is 8.15. The summed E-state index contributed by atoms with van der Waals surface area (Å²) in [6.45, 7) is 10.2. The van der Waals surface area contributed by atoms with Crippen LogP contribution in [0.25, 0.3) is 0 Å². The Hall–Kier alpha value is -3.86. The number of esters is 1. The lowest BCUT2D eigenvalue weighted by atomic mass is 9.86. The van der Waals surface area contributed by atoms with Crippen molar-refractivity contribution >= 4 is 40.6 Å². The molecule has 2 aromatic rings. The van der Waals surface area contributed by atoms with Crippen LogP contribution in [0.15, 0.2) is 29.4 Å². The quantitative estimate of drug-likeness (QED) is 0.230. The molecule has 4 rings (SSSR count). The first kappa shape index (κ1) is 28.2. The van der Waals surface area contributed by atoms with Crippen LogP contribution in [-0.4, -0.2) is 46.3 Å². The maximum absolute atomic E-state index is 11.8. The number of nitrogens with one attached hydrogen (secondary N) is 1. The minimum absolute atomic E-state index is 0.156. The molecule has 2 unspecified atom stereocenters. The number of nitrogens with zero attached hydrogens (tertiary/aromatic N) is 1. The van der Waals surface area contributed by atoms with Crippen LogP contribution < -0.4 is 19.5 Å². The second-order valence-corrected chi connectivity index (χ2v) is 11.0. The van der Waals surface area contributed by atoms with Gasteiger partial charge in [-0.2, -0.15) is 0 Å². The summed E-state index contributed by atoms with van der Waals surface area (Å²) in [4.78, 5) is 51.6. The van der Waals surface area contributed by atoms with E-state index in [-0.39, 0.29) is 24.2 Å². The molecular formula is C28H30N2O8S. The number of oxime groups is 1. The van der Waals surface area contributed by atoms with Gasteiger partial charge in [0, 0.05) is 31.4 Å². The molecule has 11 heteroatoms. The lowest BCUT2D eigenvalue weighted by molar-refractivity contribution is -0.141. The lowest BCUT2D eigenvalue weighted by Crippen LogP contribution is -2.45. The number of ether oxygens (including phenoxy) is 3. The van der Waals surface area contributed by atoms with Crippen LogP contribution in [0, 0.1) is 20.8 Å². The van der Waals surface area contributed by atoms with E-state index in [1.807, 2.05) is 32.9 Å². The van der Waals surface area contributed by atoms with Gasteiger partial charge in [-0.05, 0) is 62.9 Å². The minimum Gasteiger partial charge on any atom is -0.489 e. The Morgan fingerprint density at radius 3 is 2.36 bits per heavy atom. The van der Waals surface area contributed by atoms with E-state index < -0.39 is 22.8 Å². The van der Waals surface area contributed by atoms with Gasteiger partial charge in [0.15, 0.2) is 0 Å². The maximum Gasteiger partial charge on any atom is 0.331 e. The fourth-order valence-corrected chi connectivity index (χ4v) is 5.43. The SMILES string of the molecule is CC(=O)ON=C1CC(C)(COc2ccc(CC3SC(=O)NC3=O)cc2)Oc2c(C)c(C)c(OC(C)=O)c(C)c21. The molecule has 0 spiro atoms. The van der Waals surface area contributed by atoms with Gasteiger partial charge in [-0.1, -0.05) is 29.1 Å². The van der Waals surface area contributed by atoms with Crippen LogP contribution in [0.4, 0.5) is 4.79 Å². The van der Waals surface area contributed by atoms with E-state index in [0.29, 0.717) is 40.5 Å². The van der Waals surface area contributed by atoms with Crippen molar-refractivity contribution in [2.75, 3.05) is 6.61 Å². The smallest absolute Gasteiger partial charge is 0.331 e. The zero-order chi connectivity index (χ0) is 28.5. The highest BCUT2D eigenvalue weighted by atomic mass is 32.2. The van der Waals surface area contributed by atoms with Gasteiger partial charge in [-0.25, -0.2) is 4.79 Å². The first-order chi connectivity index (χ1) is 18.4. The van der Waals surface area contributed by atoms with Crippen LogP contribution in [0.1, 0.15) is 55.0 Å². The highest BCUT2D eigenvalue weighted by Crippen LogP contribution is 2.44. The van der Waals surface area contributed by atoms with E-state index in [2.05, 4.69) is 10.5 Å². The predicted octanol–water partition coefficient (Wildman–Crippen LogP) is 4.32. The number of fused-ring (bicyclic) bond motifs is 1. The first-order valence-corrected chi connectivity index (χ1v) is 13.2. The molecule has 2 heterocycles. The van der Waals surface area contributed by atoms with Gasteiger partial charge < -0.3 is 19.0 Å². The summed E-state index contributed by atoms with van der Waals surface area (Å²) in [7, 11) is 0. The first-order valence-electron chi connectivity index (χ1n) is 12.4. The largest absolute Gasteiger partial charge is 0.489 e. The van der Waals surface area contributed by atoms with Crippen LogP contribution in [0.5, 0.6) is 17.2 Å². The number of benzene rings is 2. The van der Waals surface area contributed by atoms with E-state index in [4.69, 9.17) is 19.0 Å². The Morgan fingerprint density at radius 2 is 1.77 bits per heavy atom. The molecule has 0 radical (unpaired) electrons. The van der Waals surface area contributed by atoms with Crippen molar-refractivity contribution in [2.24, 2.45) is 5.16 Å². The molecular weight excluding hydrogens is 524 g/mol. The molecule has 10 nitrogen and oxygen atoms in total. The van der Waals surface area contributed by atoms with Crippen molar-refractivity contribution in [3.8, 4) is 17.2 Å². The van der Waals surface area contributed by atoms with Crippen LogP contribution in [0.2, 0.25) is 0 Å². The van der Waals surface area contributed by atoms with Gasteiger partial charge in [0.25, 0.3) is 5.24 Å². The van der Waals surface area contributed by atoms with Crippen LogP contribution in [0.3, 0.4) is 0 Å². The fraction of sp³-hybridized carbons (Fsp3) is 0.393. The number of amides is 2. The molecule has 2 amide bonds. The summed E-state index contributed by atoms with van der Waals surface area (Å²) in [5.41, 5.74) is 3.31. The van der Waals surface area contributed by atoms with Gasteiger partial charge in [-0.15, -0.1) is 0 Å². The van der Waals surface area contributed by atoms with Gasteiger partial charge in [0.2, 0.25) is 5.91 Å². The normalized spacial score (nSPS) is 21.2. The van der Waals surface area contributed by atoms with E-state index in [0.717, 1.165) is 28.5 Å². The van der Waals surface area contributed by atoms with Crippen molar-refractivity contribution in [1.29, 1.82) is 0 Å². The Morgan fingerprint density at radius 1 is 1.08 bits per heavy atom. The number of carbonyl (C=O) groups is 4. The third-order valence-corrected chi connectivity index (χ3v) is 7.53. The second-order valence-electron chi connectivity index (χ2n) is 9.87. The monoisotopic (exact) mass is 554 g/mol. The van der Waals surface area contributed by atoms with E-state index in [1.54, 1.807) is 19.1 Å².